The number of benzene rings is 2. The number of nitrogens with zero attached hydrogens (tertiary/aromatic N) is 4. The lowest BCUT2D eigenvalue weighted by molar-refractivity contribution is -0.157. The summed E-state index contributed by atoms with van der Waals surface area (Å²) in [7, 11) is 0. The molecule has 1 N–H and O–H groups in total. The van der Waals surface area contributed by atoms with E-state index in [-0.39, 0.29) is 23.7 Å². The van der Waals surface area contributed by atoms with Crippen LogP contribution in [0.25, 0.3) is 11.5 Å². The van der Waals surface area contributed by atoms with Crippen LogP contribution in [0, 0.1) is 0 Å². The predicted octanol–water partition coefficient (Wildman–Crippen LogP) is 4.39. The lowest BCUT2D eigenvalue weighted by Gasteiger charge is -2.39. The molecule has 0 spiro atoms. The van der Waals surface area contributed by atoms with Gasteiger partial charge in [-0.2, -0.15) is 26.3 Å². The number of halogens is 6. The first-order chi connectivity index (χ1) is 16.5. The van der Waals surface area contributed by atoms with Gasteiger partial charge in [-0.3, -0.25) is 4.90 Å². The van der Waals surface area contributed by atoms with Crippen LogP contribution in [0.3, 0.4) is 0 Å². The van der Waals surface area contributed by atoms with Crippen molar-refractivity contribution in [3.05, 3.63) is 65.5 Å². The second-order valence-electron chi connectivity index (χ2n) is 7.78. The predicted molar refractivity (Wildman–Crippen MR) is 111 cm³/mol. The van der Waals surface area contributed by atoms with Crippen LogP contribution in [0.2, 0.25) is 0 Å². The minimum absolute atomic E-state index is 0.0117. The Balaban J connectivity index is 1.60. The van der Waals surface area contributed by atoms with Crippen molar-refractivity contribution >= 4 is 5.69 Å². The van der Waals surface area contributed by atoms with E-state index in [1.54, 1.807) is 17.0 Å². The van der Waals surface area contributed by atoms with Gasteiger partial charge in [-0.1, -0.05) is 18.2 Å². The Labute approximate surface area is 195 Å². The van der Waals surface area contributed by atoms with E-state index in [2.05, 4.69) is 14.6 Å². The molecule has 1 fully saturated rings. The molecular weight excluding hydrogens is 482 g/mol. The van der Waals surface area contributed by atoms with Gasteiger partial charge in [-0.25, -0.2) is 0 Å². The van der Waals surface area contributed by atoms with E-state index in [9.17, 15) is 31.4 Å². The number of morpholine rings is 1. The molecule has 1 atom stereocenters. The third-order valence-electron chi connectivity index (χ3n) is 5.38. The minimum Gasteiger partial charge on any atom is -0.413 e. The van der Waals surface area contributed by atoms with E-state index in [4.69, 9.17) is 4.74 Å². The summed E-state index contributed by atoms with van der Waals surface area (Å²) in [4.78, 5) is 3.08. The van der Waals surface area contributed by atoms with E-state index in [1.165, 1.54) is 29.2 Å². The largest absolute Gasteiger partial charge is 0.470 e. The average molecular weight is 502 g/mol. The number of hydrogen-bond donors (Lipinski definition) is 1. The van der Waals surface area contributed by atoms with Gasteiger partial charge in [0.1, 0.15) is 0 Å². The summed E-state index contributed by atoms with van der Waals surface area (Å²) < 4.78 is 88.0. The SMILES string of the molecule is OC(N1CCOCC1)N(Cc1ccc(-c2nnc(C(F)(F)F)o2)cc1)c1cccc(C(F)(F)F)c1. The standard InChI is InChI=1S/C22H20F6N4O3/c23-21(24,25)16-2-1-3-17(12-16)32(20(33)31-8-10-34-11-9-31)13-14-4-6-15(7-5-14)18-29-30-19(35-18)22(26,27)28/h1-7,12,20,33H,8-11,13H2. The van der Waals surface area contributed by atoms with E-state index >= 15 is 0 Å². The van der Waals surface area contributed by atoms with Gasteiger partial charge >= 0.3 is 18.2 Å². The summed E-state index contributed by atoms with van der Waals surface area (Å²) in [5.41, 5.74) is 0.0983. The first-order valence-electron chi connectivity index (χ1n) is 10.5. The van der Waals surface area contributed by atoms with E-state index in [0.29, 0.717) is 31.9 Å². The normalized spacial score (nSPS) is 16.3. The molecule has 7 nitrogen and oxygen atoms in total. The Kier molecular flexibility index (Phi) is 7.01. The van der Waals surface area contributed by atoms with E-state index in [1.807, 2.05) is 0 Å². The fourth-order valence-electron chi connectivity index (χ4n) is 3.58. The maximum atomic E-state index is 13.3. The maximum Gasteiger partial charge on any atom is 0.470 e. The molecule has 2 heterocycles. The van der Waals surface area contributed by atoms with Gasteiger partial charge in [-0.05, 0) is 35.9 Å². The molecule has 0 saturated carbocycles. The number of anilines is 1. The zero-order chi connectivity index (χ0) is 25.2. The van der Waals surface area contributed by atoms with Crippen LogP contribution in [-0.4, -0.2) is 52.9 Å². The molecule has 13 heteroatoms. The Bertz CT molecular complexity index is 1130. The summed E-state index contributed by atoms with van der Waals surface area (Å²) in [5, 5.41) is 17.4. The van der Waals surface area contributed by atoms with Crippen molar-refractivity contribution in [3.63, 3.8) is 0 Å². The minimum atomic E-state index is -4.77. The number of alkyl halides is 6. The van der Waals surface area contributed by atoms with E-state index in [0.717, 1.165) is 12.1 Å². The lowest BCUT2D eigenvalue weighted by Crippen LogP contribution is -2.52. The summed E-state index contributed by atoms with van der Waals surface area (Å²) in [6, 6.07) is 10.6. The Morgan fingerprint density at radius 3 is 2.23 bits per heavy atom. The Morgan fingerprint density at radius 1 is 0.943 bits per heavy atom. The number of aromatic nitrogens is 2. The smallest absolute Gasteiger partial charge is 0.413 e. The van der Waals surface area contributed by atoms with Gasteiger partial charge in [-0.15, -0.1) is 10.2 Å². The van der Waals surface area contributed by atoms with Gasteiger partial charge < -0.3 is 19.2 Å². The molecule has 0 amide bonds. The molecule has 2 aromatic carbocycles. The highest BCUT2D eigenvalue weighted by molar-refractivity contribution is 5.54. The first kappa shape index (κ1) is 24.9. The van der Waals surface area contributed by atoms with Gasteiger partial charge in [0.05, 0.1) is 18.8 Å². The lowest BCUT2D eigenvalue weighted by atomic mass is 10.1. The monoisotopic (exact) mass is 502 g/mol. The molecule has 3 aromatic rings. The van der Waals surface area contributed by atoms with Gasteiger partial charge in [0.2, 0.25) is 5.89 Å². The van der Waals surface area contributed by atoms with Crippen molar-refractivity contribution in [2.75, 3.05) is 31.2 Å². The Hall–Kier alpha value is -3.16. The number of rotatable bonds is 6. The zero-order valence-electron chi connectivity index (χ0n) is 18.1. The van der Waals surface area contributed by atoms with Crippen molar-refractivity contribution in [3.8, 4) is 11.5 Å². The Morgan fingerprint density at radius 2 is 1.63 bits per heavy atom. The second-order valence-corrected chi connectivity index (χ2v) is 7.78. The summed E-state index contributed by atoms with van der Waals surface area (Å²) >= 11 is 0. The molecule has 0 bridgehead atoms. The molecular formula is C22H20F6N4O3. The van der Waals surface area contributed by atoms with Crippen LogP contribution in [0.5, 0.6) is 0 Å². The molecule has 1 unspecified atom stereocenters. The van der Waals surface area contributed by atoms with Crippen LogP contribution >= 0.6 is 0 Å². The fraction of sp³-hybridized carbons (Fsp3) is 0.364. The molecule has 35 heavy (non-hydrogen) atoms. The third-order valence-corrected chi connectivity index (χ3v) is 5.38. The van der Waals surface area contributed by atoms with Gasteiger partial charge in [0.15, 0.2) is 6.35 Å². The van der Waals surface area contributed by atoms with Crippen molar-refractivity contribution in [1.29, 1.82) is 0 Å². The van der Waals surface area contributed by atoms with Crippen molar-refractivity contribution in [1.82, 2.24) is 15.1 Å². The third kappa shape index (κ3) is 5.92. The number of aliphatic hydroxyl groups excluding tert-OH is 1. The number of aliphatic hydroxyl groups is 1. The quantitative estimate of drug-likeness (QED) is 0.396. The van der Waals surface area contributed by atoms with Crippen LogP contribution in [-0.2, 0) is 23.6 Å². The molecule has 188 valence electrons. The highest BCUT2D eigenvalue weighted by Gasteiger charge is 2.38. The fourth-order valence-corrected chi connectivity index (χ4v) is 3.58. The van der Waals surface area contributed by atoms with Crippen LogP contribution in [0.4, 0.5) is 32.0 Å². The first-order valence-corrected chi connectivity index (χ1v) is 10.5. The van der Waals surface area contributed by atoms with Gasteiger partial charge in [0, 0.05) is 30.9 Å². The molecule has 0 radical (unpaired) electrons. The average Bonchev–Trinajstić information content (AvgIpc) is 3.34. The molecule has 1 aromatic heterocycles. The number of hydrogen-bond acceptors (Lipinski definition) is 7. The van der Waals surface area contributed by atoms with Crippen LogP contribution in [0.1, 0.15) is 17.0 Å². The molecule has 0 aliphatic carbocycles. The molecule has 4 rings (SSSR count). The summed E-state index contributed by atoms with van der Waals surface area (Å²) in [6.45, 7) is 1.51. The molecule has 1 aliphatic heterocycles. The summed E-state index contributed by atoms with van der Waals surface area (Å²) in [6.07, 6.45) is -10.6. The van der Waals surface area contributed by atoms with Gasteiger partial charge in [0.25, 0.3) is 0 Å². The maximum absolute atomic E-state index is 13.3. The second kappa shape index (κ2) is 9.84. The summed E-state index contributed by atoms with van der Waals surface area (Å²) in [5.74, 6) is -1.80. The highest BCUT2D eigenvalue weighted by Crippen LogP contribution is 2.33. The van der Waals surface area contributed by atoms with Crippen molar-refractivity contribution in [2.45, 2.75) is 25.2 Å². The topological polar surface area (TPSA) is 74.9 Å². The highest BCUT2D eigenvalue weighted by atomic mass is 19.4. The van der Waals surface area contributed by atoms with Crippen molar-refractivity contribution < 1.29 is 40.6 Å². The molecule has 1 saturated heterocycles. The van der Waals surface area contributed by atoms with E-state index < -0.39 is 30.2 Å². The van der Waals surface area contributed by atoms with Crippen LogP contribution < -0.4 is 4.90 Å². The van der Waals surface area contributed by atoms with Crippen LogP contribution in [0.15, 0.2) is 52.9 Å². The number of ether oxygens (including phenoxy) is 1. The molecule has 1 aliphatic rings. The van der Waals surface area contributed by atoms with Crippen molar-refractivity contribution in [2.24, 2.45) is 0 Å². The zero-order valence-corrected chi connectivity index (χ0v) is 18.1.